The summed E-state index contributed by atoms with van der Waals surface area (Å²) in [5, 5.41) is 23.4. The third-order valence-electron chi connectivity index (χ3n) is 3.09. The molecule has 0 rings (SSSR count). The lowest BCUT2D eigenvalue weighted by molar-refractivity contribution is -0.151. The second-order valence-electron chi connectivity index (χ2n) is 4.97. The molecule has 0 spiro atoms. The number of azide groups is 1. The monoisotopic (exact) mass is 359 g/mol. The van der Waals surface area contributed by atoms with Crippen molar-refractivity contribution in [3.05, 3.63) is 10.4 Å². The number of nitrogens with one attached hydrogen (secondary N) is 1. The zero-order valence-electron chi connectivity index (χ0n) is 13.8. The number of carboxylic acids is 2. The lowest BCUT2D eigenvalue weighted by Crippen LogP contribution is -2.47. The Morgan fingerprint density at radius 3 is 2.28 bits per heavy atom. The lowest BCUT2D eigenvalue weighted by atomic mass is 10.1. The second-order valence-corrected chi connectivity index (χ2v) is 4.97. The van der Waals surface area contributed by atoms with Crippen LogP contribution in [0.3, 0.4) is 0 Å². The van der Waals surface area contributed by atoms with E-state index in [2.05, 4.69) is 20.1 Å². The van der Waals surface area contributed by atoms with Crippen LogP contribution in [-0.2, 0) is 23.9 Å². The van der Waals surface area contributed by atoms with Crippen LogP contribution in [0.25, 0.3) is 10.4 Å². The molecule has 0 saturated heterocycles. The Morgan fingerprint density at radius 1 is 1.20 bits per heavy atom. The predicted octanol–water partition coefficient (Wildman–Crippen LogP) is -0.404. The Bertz CT molecular complexity index is 517. The molecule has 1 amide bonds. The molecule has 0 aromatic rings. The largest absolute Gasteiger partial charge is 0.480 e. The van der Waals surface area contributed by atoms with Crippen LogP contribution in [0.2, 0.25) is 0 Å². The molecular weight excluding hydrogens is 338 g/mol. The lowest BCUT2D eigenvalue weighted by Gasteiger charge is -2.26. The highest BCUT2D eigenvalue weighted by molar-refractivity contribution is 5.79. The number of rotatable bonds is 13. The molecule has 0 aromatic heterocycles. The standard InChI is InChI=1S/C13H21N5O7/c1-25-13(24)9(18(7-11(20)21)8-12(22)23)4-2-3-5-15-10(19)6-16-17-14/h9H,2-8H2,1H3,(H,15,19)(H,20,21)(H,22,23)/t9-/m0/s1. The van der Waals surface area contributed by atoms with Crippen LogP contribution in [-0.4, -0.2) is 78.3 Å². The van der Waals surface area contributed by atoms with Gasteiger partial charge in [0.05, 0.1) is 20.2 Å². The topological polar surface area (TPSA) is 182 Å². The highest BCUT2D eigenvalue weighted by atomic mass is 16.5. The SMILES string of the molecule is COC(=O)[C@H](CCCCNC(=O)CN=[N+]=[N-])N(CC(=O)O)CC(=O)O. The van der Waals surface area contributed by atoms with Gasteiger partial charge in [0, 0.05) is 11.5 Å². The van der Waals surface area contributed by atoms with Gasteiger partial charge in [-0.1, -0.05) is 5.11 Å². The van der Waals surface area contributed by atoms with E-state index in [-0.39, 0.29) is 19.5 Å². The van der Waals surface area contributed by atoms with E-state index in [1.54, 1.807) is 0 Å². The molecule has 140 valence electrons. The quantitative estimate of drug-likeness (QED) is 0.130. The first-order valence-electron chi connectivity index (χ1n) is 7.34. The first-order chi connectivity index (χ1) is 11.8. The van der Waals surface area contributed by atoms with Crippen molar-refractivity contribution in [3.8, 4) is 0 Å². The van der Waals surface area contributed by atoms with E-state index in [0.29, 0.717) is 12.8 Å². The highest BCUT2D eigenvalue weighted by Gasteiger charge is 2.29. The van der Waals surface area contributed by atoms with Crippen LogP contribution in [0.4, 0.5) is 0 Å². The van der Waals surface area contributed by atoms with Gasteiger partial charge in [-0.25, -0.2) is 0 Å². The van der Waals surface area contributed by atoms with Crippen molar-refractivity contribution in [1.29, 1.82) is 0 Å². The third-order valence-corrected chi connectivity index (χ3v) is 3.09. The zero-order valence-corrected chi connectivity index (χ0v) is 13.8. The van der Waals surface area contributed by atoms with Crippen molar-refractivity contribution in [3.63, 3.8) is 0 Å². The van der Waals surface area contributed by atoms with Crippen LogP contribution in [0.5, 0.6) is 0 Å². The van der Waals surface area contributed by atoms with E-state index in [0.717, 1.165) is 12.0 Å². The van der Waals surface area contributed by atoms with Crippen LogP contribution in [0.1, 0.15) is 19.3 Å². The molecule has 12 heteroatoms. The molecule has 0 aliphatic carbocycles. The van der Waals surface area contributed by atoms with Crippen LogP contribution < -0.4 is 5.32 Å². The second kappa shape index (κ2) is 12.6. The molecule has 0 fully saturated rings. The number of unbranched alkanes of at least 4 members (excludes halogenated alkanes) is 1. The van der Waals surface area contributed by atoms with Gasteiger partial charge in [-0.15, -0.1) is 0 Å². The molecule has 0 aliphatic rings. The molecule has 3 N–H and O–H groups in total. The molecule has 0 unspecified atom stereocenters. The molecule has 0 heterocycles. The minimum absolute atomic E-state index is 0.166. The van der Waals surface area contributed by atoms with E-state index in [1.807, 2.05) is 0 Å². The first kappa shape index (κ1) is 22.1. The number of ether oxygens (including phenoxy) is 1. The van der Waals surface area contributed by atoms with Gasteiger partial charge in [0.25, 0.3) is 0 Å². The summed E-state index contributed by atoms with van der Waals surface area (Å²) in [5.74, 6) is -3.70. The van der Waals surface area contributed by atoms with Gasteiger partial charge >= 0.3 is 17.9 Å². The molecule has 0 radical (unpaired) electrons. The van der Waals surface area contributed by atoms with Crippen LogP contribution >= 0.6 is 0 Å². The minimum Gasteiger partial charge on any atom is -0.480 e. The van der Waals surface area contributed by atoms with Gasteiger partial charge in [0.2, 0.25) is 5.91 Å². The number of methoxy groups -OCH3 is 1. The molecule has 12 nitrogen and oxygen atoms in total. The van der Waals surface area contributed by atoms with E-state index in [9.17, 15) is 19.2 Å². The maximum Gasteiger partial charge on any atom is 0.323 e. The Kier molecular flexibility index (Phi) is 11.1. The van der Waals surface area contributed by atoms with Gasteiger partial charge in [-0.2, -0.15) is 0 Å². The summed E-state index contributed by atoms with van der Waals surface area (Å²) >= 11 is 0. The van der Waals surface area contributed by atoms with Gasteiger partial charge < -0.3 is 20.3 Å². The van der Waals surface area contributed by atoms with E-state index in [4.69, 9.17) is 15.7 Å². The van der Waals surface area contributed by atoms with Crippen LogP contribution in [0.15, 0.2) is 5.11 Å². The van der Waals surface area contributed by atoms with E-state index >= 15 is 0 Å². The van der Waals surface area contributed by atoms with Crippen LogP contribution in [0, 0.1) is 0 Å². The smallest absolute Gasteiger partial charge is 0.323 e. The number of carbonyl (C=O) groups excluding carboxylic acids is 2. The fraction of sp³-hybridized carbons (Fsp3) is 0.692. The van der Waals surface area contributed by atoms with Crippen molar-refractivity contribution in [1.82, 2.24) is 10.2 Å². The van der Waals surface area contributed by atoms with Crippen molar-refractivity contribution >= 4 is 23.8 Å². The summed E-state index contributed by atoms with van der Waals surface area (Å²) in [5.41, 5.74) is 8.08. The van der Waals surface area contributed by atoms with Crippen molar-refractivity contribution < 1.29 is 34.1 Å². The molecular formula is C13H21N5O7. The average Bonchev–Trinajstić information content (AvgIpc) is 2.54. The first-order valence-corrected chi connectivity index (χ1v) is 7.34. The van der Waals surface area contributed by atoms with Gasteiger partial charge in [0.1, 0.15) is 12.6 Å². The molecule has 1 atom stereocenters. The zero-order chi connectivity index (χ0) is 19.2. The summed E-state index contributed by atoms with van der Waals surface area (Å²) in [7, 11) is 1.13. The summed E-state index contributed by atoms with van der Waals surface area (Å²) in [6.45, 7) is -1.28. The maximum atomic E-state index is 11.8. The number of carboxylic acid groups (broad SMARTS) is 2. The third kappa shape index (κ3) is 10.5. The molecule has 0 aliphatic heterocycles. The molecule has 25 heavy (non-hydrogen) atoms. The van der Waals surface area contributed by atoms with E-state index in [1.165, 1.54) is 0 Å². The summed E-state index contributed by atoms with van der Waals surface area (Å²) in [4.78, 5) is 48.3. The van der Waals surface area contributed by atoms with Gasteiger partial charge in [-0.05, 0) is 24.8 Å². The van der Waals surface area contributed by atoms with Gasteiger partial charge in [-0.3, -0.25) is 24.1 Å². The molecule has 0 aromatic carbocycles. The molecule has 0 bridgehead atoms. The number of aliphatic carboxylic acids is 2. The Labute approximate surface area is 143 Å². The molecule has 0 saturated carbocycles. The van der Waals surface area contributed by atoms with Gasteiger partial charge in [0.15, 0.2) is 0 Å². The predicted molar refractivity (Wildman–Crippen MR) is 83.5 cm³/mol. The minimum atomic E-state index is -1.26. The fourth-order valence-electron chi connectivity index (χ4n) is 2.05. The summed E-state index contributed by atoms with van der Waals surface area (Å²) in [6.07, 6.45) is 1.04. The number of hydrogen-bond acceptors (Lipinski definition) is 7. The number of esters is 1. The van der Waals surface area contributed by atoms with Crippen molar-refractivity contribution in [2.75, 3.05) is 33.3 Å². The average molecular weight is 359 g/mol. The Morgan fingerprint density at radius 2 is 1.80 bits per heavy atom. The number of carbonyl (C=O) groups is 4. The number of nitrogens with zero attached hydrogens (tertiary/aromatic N) is 4. The van der Waals surface area contributed by atoms with Crippen molar-refractivity contribution in [2.24, 2.45) is 5.11 Å². The number of hydrogen-bond donors (Lipinski definition) is 3. The highest BCUT2D eigenvalue weighted by Crippen LogP contribution is 2.11. The number of amides is 1. The van der Waals surface area contributed by atoms with E-state index < -0.39 is 42.9 Å². The fourth-order valence-corrected chi connectivity index (χ4v) is 2.05. The summed E-state index contributed by atoms with van der Waals surface area (Å²) in [6, 6.07) is -1.02. The maximum absolute atomic E-state index is 11.8. The Balaban J connectivity index is 4.57. The Hall–Kier alpha value is -2.85. The summed E-state index contributed by atoms with van der Waals surface area (Å²) < 4.78 is 4.61. The normalized spacial score (nSPS) is 11.3. The van der Waals surface area contributed by atoms with Crippen molar-refractivity contribution in [2.45, 2.75) is 25.3 Å².